The monoisotopic (exact) mass is 305 g/mol. The minimum Gasteiger partial charge on any atom is -0.280 e. The summed E-state index contributed by atoms with van der Waals surface area (Å²) in [5, 5.41) is 0. The van der Waals surface area contributed by atoms with Gasteiger partial charge >= 0.3 is 0 Å². The smallest absolute Gasteiger partial charge is 0.0722 e. The van der Waals surface area contributed by atoms with Crippen LogP contribution in [-0.4, -0.2) is 11.8 Å². The standard InChI is InChI=1S/C22H27N/c1-17(2)15-21(16-18(3)4)23-22(19-11-7-5-8-12-19)20-13-9-6-10-14-20/h5-14,18,21H,1,15-16H2,2-4H3. The van der Waals surface area contributed by atoms with Crippen LogP contribution in [0.4, 0.5) is 0 Å². The van der Waals surface area contributed by atoms with E-state index in [4.69, 9.17) is 4.99 Å². The average Bonchev–Trinajstić information content (AvgIpc) is 2.53. The van der Waals surface area contributed by atoms with Crippen LogP contribution in [-0.2, 0) is 0 Å². The maximum atomic E-state index is 5.15. The number of rotatable bonds is 7. The molecule has 0 aliphatic rings. The van der Waals surface area contributed by atoms with Crippen LogP contribution in [0.1, 0.15) is 44.7 Å². The number of hydrogen-bond acceptors (Lipinski definition) is 1. The second-order valence-electron chi connectivity index (χ2n) is 6.65. The Labute approximate surface area is 140 Å². The molecule has 1 heteroatoms. The highest BCUT2D eigenvalue weighted by molar-refractivity contribution is 6.12. The molecule has 0 aromatic heterocycles. The van der Waals surface area contributed by atoms with E-state index >= 15 is 0 Å². The fourth-order valence-electron chi connectivity index (χ4n) is 2.82. The molecule has 0 saturated carbocycles. The van der Waals surface area contributed by atoms with Gasteiger partial charge in [-0.3, -0.25) is 4.99 Å². The number of benzene rings is 2. The highest BCUT2D eigenvalue weighted by Crippen LogP contribution is 2.19. The van der Waals surface area contributed by atoms with E-state index in [1.54, 1.807) is 0 Å². The van der Waals surface area contributed by atoms with E-state index in [1.165, 1.54) is 16.7 Å². The third kappa shape index (κ3) is 5.52. The van der Waals surface area contributed by atoms with Crippen LogP contribution in [0.3, 0.4) is 0 Å². The first-order chi connectivity index (χ1) is 11.1. The van der Waals surface area contributed by atoms with Crippen LogP contribution < -0.4 is 0 Å². The van der Waals surface area contributed by atoms with E-state index in [9.17, 15) is 0 Å². The molecule has 1 nitrogen and oxygen atoms in total. The maximum absolute atomic E-state index is 5.15. The lowest BCUT2D eigenvalue weighted by Crippen LogP contribution is -2.14. The third-order valence-corrected chi connectivity index (χ3v) is 3.73. The first-order valence-corrected chi connectivity index (χ1v) is 8.39. The summed E-state index contributed by atoms with van der Waals surface area (Å²) in [5.74, 6) is 0.621. The van der Waals surface area contributed by atoms with Crippen molar-refractivity contribution in [2.24, 2.45) is 10.9 Å². The van der Waals surface area contributed by atoms with Crippen molar-refractivity contribution in [2.45, 2.75) is 39.7 Å². The van der Waals surface area contributed by atoms with Gasteiger partial charge in [-0.2, -0.15) is 0 Å². The molecule has 0 N–H and O–H groups in total. The summed E-state index contributed by atoms with van der Waals surface area (Å²) in [4.78, 5) is 5.15. The van der Waals surface area contributed by atoms with Gasteiger partial charge < -0.3 is 0 Å². The summed E-state index contributed by atoms with van der Waals surface area (Å²) in [6.45, 7) is 10.7. The van der Waals surface area contributed by atoms with Crippen molar-refractivity contribution in [1.29, 1.82) is 0 Å². The number of aliphatic imine (C=N–C) groups is 1. The van der Waals surface area contributed by atoms with E-state index in [0.717, 1.165) is 18.6 Å². The first kappa shape index (κ1) is 17.2. The largest absolute Gasteiger partial charge is 0.280 e. The molecule has 120 valence electrons. The van der Waals surface area contributed by atoms with Crippen molar-refractivity contribution >= 4 is 5.71 Å². The first-order valence-electron chi connectivity index (χ1n) is 8.39. The second-order valence-corrected chi connectivity index (χ2v) is 6.65. The van der Waals surface area contributed by atoms with E-state index in [2.05, 4.69) is 75.9 Å². The highest BCUT2D eigenvalue weighted by Gasteiger charge is 2.14. The molecule has 0 heterocycles. The molecule has 2 aromatic rings. The van der Waals surface area contributed by atoms with E-state index < -0.39 is 0 Å². The third-order valence-electron chi connectivity index (χ3n) is 3.73. The molecule has 0 saturated heterocycles. The quantitative estimate of drug-likeness (QED) is 0.446. The van der Waals surface area contributed by atoms with Gasteiger partial charge in [0.2, 0.25) is 0 Å². The lowest BCUT2D eigenvalue weighted by atomic mass is 9.97. The minimum atomic E-state index is 0.280. The van der Waals surface area contributed by atoms with Crippen LogP contribution in [0.25, 0.3) is 0 Å². The van der Waals surface area contributed by atoms with Gasteiger partial charge in [0.1, 0.15) is 0 Å². The molecule has 1 unspecified atom stereocenters. The molecular weight excluding hydrogens is 278 g/mol. The molecule has 2 aromatic carbocycles. The Hall–Kier alpha value is -2.15. The van der Waals surface area contributed by atoms with Crippen LogP contribution in [0, 0.1) is 5.92 Å². The fraction of sp³-hybridized carbons (Fsp3) is 0.318. The predicted octanol–water partition coefficient (Wildman–Crippen LogP) is 5.90. The molecule has 0 amide bonds. The predicted molar refractivity (Wildman–Crippen MR) is 101 cm³/mol. The van der Waals surface area contributed by atoms with E-state index in [0.29, 0.717) is 5.92 Å². The van der Waals surface area contributed by atoms with Crippen LogP contribution in [0.15, 0.2) is 77.8 Å². The SMILES string of the molecule is C=C(C)CC(CC(C)C)N=C(c1ccccc1)c1ccccc1. The zero-order valence-electron chi connectivity index (χ0n) is 14.5. The zero-order valence-corrected chi connectivity index (χ0v) is 14.5. The summed E-state index contributed by atoms with van der Waals surface area (Å²) in [5.41, 5.74) is 4.63. The van der Waals surface area contributed by atoms with Gasteiger partial charge in [-0.15, -0.1) is 6.58 Å². The topological polar surface area (TPSA) is 12.4 Å². The normalized spacial score (nSPS) is 12.0. The van der Waals surface area contributed by atoms with Gasteiger partial charge in [0, 0.05) is 11.1 Å². The van der Waals surface area contributed by atoms with E-state index in [-0.39, 0.29) is 6.04 Å². The molecule has 0 radical (unpaired) electrons. The van der Waals surface area contributed by atoms with Gasteiger partial charge in [-0.25, -0.2) is 0 Å². The molecule has 1 atom stereocenters. The molecule has 0 aliphatic heterocycles. The second kappa shape index (κ2) is 8.47. The molecule has 0 fully saturated rings. The van der Waals surface area contributed by atoms with Crippen LogP contribution in [0.5, 0.6) is 0 Å². The van der Waals surface area contributed by atoms with Crippen molar-refractivity contribution in [3.05, 3.63) is 83.9 Å². The lowest BCUT2D eigenvalue weighted by Gasteiger charge is -2.18. The van der Waals surface area contributed by atoms with Crippen LogP contribution >= 0.6 is 0 Å². The summed E-state index contributed by atoms with van der Waals surface area (Å²) in [6, 6.07) is 21.2. The Bertz CT molecular complexity index is 597. The molecule has 23 heavy (non-hydrogen) atoms. The Balaban J connectivity index is 2.44. The Kier molecular flexibility index (Phi) is 6.34. The molecule has 0 spiro atoms. The van der Waals surface area contributed by atoms with Crippen molar-refractivity contribution in [3.63, 3.8) is 0 Å². The lowest BCUT2D eigenvalue weighted by molar-refractivity contribution is 0.495. The van der Waals surface area contributed by atoms with Crippen molar-refractivity contribution in [2.75, 3.05) is 0 Å². The fourth-order valence-corrected chi connectivity index (χ4v) is 2.82. The molecule has 0 aliphatic carbocycles. The Morgan fingerprint density at radius 2 is 1.39 bits per heavy atom. The minimum absolute atomic E-state index is 0.280. The Morgan fingerprint density at radius 3 is 1.78 bits per heavy atom. The van der Waals surface area contributed by atoms with Crippen molar-refractivity contribution in [3.8, 4) is 0 Å². The number of hydrogen-bond donors (Lipinski definition) is 0. The van der Waals surface area contributed by atoms with Crippen molar-refractivity contribution in [1.82, 2.24) is 0 Å². The zero-order chi connectivity index (χ0) is 16.7. The summed E-state index contributed by atoms with van der Waals surface area (Å²) >= 11 is 0. The van der Waals surface area contributed by atoms with Gasteiger partial charge in [-0.05, 0) is 25.7 Å². The van der Waals surface area contributed by atoms with E-state index in [1.807, 2.05) is 12.1 Å². The highest BCUT2D eigenvalue weighted by atomic mass is 14.8. The van der Waals surface area contributed by atoms with Gasteiger partial charge in [0.05, 0.1) is 11.8 Å². The van der Waals surface area contributed by atoms with Crippen molar-refractivity contribution < 1.29 is 0 Å². The maximum Gasteiger partial charge on any atom is 0.0722 e. The molecule has 2 rings (SSSR count). The van der Waals surface area contributed by atoms with Crippen LogP contribution in [0.2, 0.25) is 0 Å². The summed E-state index contributed by atoms with van der Waals surface area (Å²) in [7, 11) is 0. The summed E-state index contributed by atoms with van der Waals surface area (Å²) in [6.07, 6.45) is 2.03. The van der Waals surface area contributed by atoms with Gasteiger partial charge in [0.15, 0.2) is 0 Å². The number of nitrogens with zero attached hydrogens (tertiary/aromatic N) is 1. The molecule has 0 bridgehead atoms. The van der Waals surface area contributed by atoms with Gasteiger partial charge in [0.25, 0.3) is 0 Å². The van der Waals surface area contributed by atoms with Gasteiger partial charge in [-0.1, -0.05) is 80.1 Å². The average molecular weight is 305 g/mol. The summed E-state index contributed by atoms with van der Waals surface area (Å²) < 4.78 is 0. The molecular formula is C22H27N. The Morgan fingerprint density at radius 1 is 0.913 bits per heavy atom.